The number of nitrogens with one attached hydrogen (secondary N) is 1. The first-order valence-corrected chi connectivity index (χ1v) is 18.4. The molecular weight excluding hydrogens is 550 g/mol. The lowest BCUT2D eigenvalue weighted by Crippen LogP contribution is -2.53. The van der Waals surface area contributed by atoms with Crippen LogP contribution in [-0.2, 0) is 4.79 Å². The van der Waals surface area contributed by atoms with E-state index in [0.717, 1.165) is 57.8 Å². The van der Waals surface area contributed by atoms with Crippen LogP contribution in [-0.4, -0.2) is 57.3 Å². The summed E-state index contributed by atoms with van der Waals surface area (Å²) < 4.78 is 0. The van der Waals surface area contributed by atoms with Gasteiger partial charge in [0.25, 0.3) is 0 Å². The summed E-state index contributed by atoms with van der Waals surface area (Å²) in [6.45, 7) is 3.89. The summed E-state index contributed by atoms with van der Waals surface area (Å²) >= 11 is 0. The average molecular weight is 622 g/mol. The number of hydrogen-bond acceptors (Lipinski definition) is 5. The van der Waals surface area contributed by atoms with Gasteiger partial charge in [-0.15, -0.1) is 0 Å². The minimum Gasteiger partial charge on any atom is -0.394 e. The van der Waals surface area contributed by atoms with Crippen LogP contribution in [0.3, 0.4) is 0 Å². The Kier molecular flexibility index (Phi) is 31.8. The van der Waals surface area contributed by atoms with E-state index in [4.69, 9.17) is 0 Å². The summed E-state index contributed by atoms with van der Waals surface area (Å²) in [4.78, 5) is 12.4. The third-order valence-corrected chi connectivity index (χ3v) is 8.30. The smallest absolute Gasteiger partial charge is 0.249 e. The van der Waals surface area contributed by atoms with Crippen molar-refractivity contribution in [2.24, 2.45) is 0 Å². The maximum Gasteiger partial charge on any atom is 0.249 e. The monoisotopic (exact) mass is 622 g/mol. The molecule has 6 heteroatoms. The molecule has 1 amide bonds. The second kappa shape index (κ2) is 32.9. The molecule has 4 atom stereocenters. The predicted octanol–water partition coefficient (Wildman–Crippen LogP) is 8.62. The number of allylic oxidation sites excluding steroid dienone is 6. The van der Waals surface area contributed by atoms with Crippen molar-refractivity contribution in [3.05, 3.63) is 36.5 Å². The summed E-state index contributed by atoms with van der Waals surface area (Å²) in [7, 11) is 0. The van der Waals surface area contributed by atoms with Crippen molar-refractivity contribution in [2.75, 3.05) is 6.61 Å². The first-order valence-electron chi connectivity index (χ1n) is 18.4. The average Bonchev–Trinajstić information content (AvgIpc) is 3.03. The zero-order valence-corrected chi connectivity index (χ0v) is 28.6. The van der Waals surface area contributed by atoms with Crippen molar-refractivity contribution >= 4 is 5.91 Å². The molecule has 0 radical (unpaired) electrons. The molecule has 0 fully saturated rings. The maximum atomic E-state index is 12.4. The molecule has 0 rings (SSSR count). The lowest BCUT2D eigenvalue weighted by Gasteiger charge is -2.27. The number of carbonyl (C=O) groups excluding carboxylic acids is 1. The van der Waals surface area contributed by atoms with Crippen LogP contribution >= 0.6 is 0 Å². The molecule has 0 heterocycles. The third kappa shape index (κ3) is 26.9. The molecular formula is C38H71NO5. The zero-order chi connectivity index (χ0) is 32.5. The molecule has 0 saturated heterocycles. The van der Waals surface area contributed by atoms with Crippen molar-refractivity contribution in [1.82, 2.24) is 5.32 Å². The zero-order valence-electron chi connectivity index (χ0n) is 28.6. The first-order chi connectivity index (χ1) is 21.5. The molecule has 0 bridgehead atoms. The van der Waals surface area contributed by atoms with Gasteiger partial charge in [0.2, 0.25) is 5.91 Å². The van der Waals surface area contributed by atoms with Crippen molar-refractivity contribution < 1.29 is 25.2 Å². The molecule has 5 N–H and O–H groups in total. The van der Waals surface area contributed by atoms with Gasteiger partial charge < -0.3 is 25.7 Å². The number of hydrogen-bond donors (Lipinski definition) is 5. The third-order valence-electron chi connectivity index (χ3n) is 8.30. The highest BCUT2D eigenvalue weighted by atomic mass is 16.3. The number of rotatable bonds is 32. The van der Waals surface area contributed by atoms with Crippen molar-refractivity contribution in [2.45, 2.75) is 192 Å². The van der Waals surface area contributed by atoms with Crippen LogP contribution in [0.15, 0.2) is 36.5 Å². The Bertz CT molecular complexity index is 707. The van der Waals surface area contributed by atoms with Crippen LogP contribution in [0, 0.1) is 0 Å². The van der Waals surface area contributed by atoms with E-state index in [0.29, 0.717) is 19.3 Å². The number of carbonyl (C=O) groups is 1. The number of aliphatic hydroxyl groups is 4. The fraction of sp³-hybridized carbons (Fsp3) is 0.816. The van der Waals surface area contributed by atoms with E-state index in [9.17, 15) is 25.2 Å². The van der Waals surface area contributed by atoms with Crippen LogP contribution in [0.4, 0.5) is 0 Å². The summed E-state index contributed by atoms with van der Waals surface area (Å²) in [5, 5.41) is 43.0. The van der Waals surface area contributed by atoms with Crippen LogP contribution in [0.2, 0.25) is 0 Å². The number of unbranched alkanes of at least 4 members (excludes halogenated alkanes) is 17. The highest BCUT2D eigenvalue weighted by Gasteiger charge is 2.28. The molecule has 6 nitrogen and oxygen atoms in total. The van der Waals surface area contributed by atoms with Gasteiger partial charge >= 0.3 is 0 Å². The van der Waals surface area contributed by atoms with Gasteiger partial charge in [0.1, 0.15) is 12.2 Å². The minimum absolute atomic E-state index is 0.349. The topological polar surface area (TPSA) is 110 Å². The van der Waals surface area contributed by atoms with Gasteiger partial charge in [-0.25, -0.2) is 0 Å². The highest BCUT2D eigenvalue weighted by molar-refractivity contribution is 5.80. The summed E-state index contributed by atoms with van der Waals surface area (Å²) in [6.07, 6.45) is 36.4. The van der Waals surface area contributed by atoms with Gasteiger partial charge in [0.05, 0.1) is 18.8 Å². The lowest BCUT2D eigenvalue weighted by molar-refractivity contribution is -0.132. The van der Waals surface area contributed by atoms with Gasteiger partial charge in [-0.2, -0.15) is 0 Å². The summed E-state index contributed by atoms with van der Waals surface area (Å²) in [5.41, 5.74) is 0. The van der Waals surface area contributed by atoms with Gasteiger partial charge in [-0.05, 0) is 64.2 Å². The highest BCUT2D eigenvalue weighted by Crippen LogP contribution is 2.13. The van der Waals surface area contributed by atoms with Crippen molar-refractivity contribution in [3.63, 3.8) is 0 Å². The normalized spacial score (nSPS) is 15.0. The Morgan fingerprint density at radius 2 is 1.05 bits per heavy atom. The molecule has 0 aromatic rings. The first kappa shape index (κ1) is 42.5. The molecule has 0 aliphatic rings. The van der Waals surface area contributed by atoms with E-state index >= 15 is 0 Å². The minimum atomic E-state index is -1.28. The van der Waals surface area contributed by atoms with Gasteiger partial charge in [-0.3, -0.25) is 4.79 Å². The van der Waals surface area contributed by atoms with Gasteiger partial charge in [0, 0.05) is 0 Å². The predicted molar refractivity (Wildman–Crippen MR) is 187 cm³/mol. The molecule has 44 heavy (non-hydrogen) atoms. The Morgan fingerprint density at radius 3 is 1.59 bits per heavy atom. The largest absolute Gasteiger partial charge is 0.394 e. The van der Waals surface area contributed by atoms with Crippen LogP contribution < -0.4 is 5.32 Å². The second-order valence-electron chi connectivity index (χ2n) is 12.6. The van der Waals surface area contributed by atoms with E-state index in [1.165, 1.54) is 77.0 Å². The SMILES string of the molecule is CCC/C=C/CCCC(O)C(O)C(CO)NC(=O)C(O)CCCCCCCC/C=C\C/C=C\CCCCCCCCCCC. The van der Waals surface area contributed by atoms with Gasteiger partial charge in [-0.1, -0.05) is 140 Å². The Balaban J connectivity index is 3.75. The number of aliphatic hydroxyl groups excluding tert-OH is 4. The van der Waals surface area contributed by atoms with E-state index in [2.05, 4.69) is 55.6 Å². The Morgan fingerprint density at radius 1 is 0.568 bits per heavy atom. The second-order valence-corrected chi connectivity index (χ2v) is 12.6. The van der Waals surface area contributed by atoms with E-state index < -0.39 is 36.9 Å². The lowest BCUT2D eigenvalue weighted by atomic mass is 10.00. The fourth-order valence-corrected chi connectivity index (χ4v) is 5.32. The summed E-state index contributed by atoms with van der Waals surface area (Å²) in [6, 6.07) is -1.00. The number of amides is 1. The molecule has 0 aromatic heterocycles. The molecule has 258 valence electrons. The van der Waals surface area contributed by atoms with Crippen molar-refractivity contribution in [3.8, 4) is 0 Å². The van der Waals surface area contributed by atoms with Gasteiger partial charge in [0.15, 0.2) is 0 Å². The molecule has 0 saturated carbocycles. The van der Waals surface area contributed by atoms with Crippen LogP contribution in [0.25, 0.3) is 0 Å². The quantitative estimate of drug-likeness (QED) is 0.0382. The standard InChI is InChI=1S/C38H71NO5/c1-3-5-7-9-11-12-13-14-15-16-17-18-19-20-21-22-23-24-25-26-28-30-32-36(42)38(44)39-34(33-40)37(43)35(41)31-29-27-10-8-6-4-2/h8,10,17-18,20-21,34-37,40-43H,3-7,9,11-16,19,22-33H2,1-2H3,(H,39,44)/b10-8+,18-17-,21-20-. The fourth-order valence-electron chi connectivity index (χ4n) is 5.32. The molecule has 0 aliphatic heterocycles. The van der Waals surface area contributed by atoms with E-state index in [1.54, 1.807) is 0 Å². The summed E-state index contributed by atoms with van der Waals surface area (Å²) in [5.74, 6) is -0.608. The van der Waals surface area contributed by atoms with E-state index in [-0.39, 0.29) is 0 Å². The van der Waals surface area contributed by atoms with Crippen LogP contribution in [0.1, 0.15) is 168 Å². The molecule has 4 unspecified atom stereocenters. The van der Waals surface area contributed by atoms with Crippen molar-refractivity contribution in [1.29, 1.82) is 0 Å². The molecule has 0 aliphatic carbocycles. The Labute approximate surface area is 271 Å². The molecule has 0 spiro atoms. The van der Waals surface area contributed by atoms with E-state index in [1.807, 2.05) is 0 Å². The molecule has 0 aromatic carbocycles. The van der Waals surface area contributed by atoms with Crippen LogP contribution in [0.5, 0.6) is 0 Å². The maximum absolute atomic E-state index is 12.4. The Hall–Kier alpha value is -1.47.